The van der Waals surface area contributed by atoms with Gasteiger partial charge < -0.3 is 4.74 Å². The van der Waals surface area contributed by atoms with Gasteiger partial charge in [-0.2, -0.15) is 0 Å². The predicted octanol–water partition coefficient (Wildman–Crippen LogP) is 2.75. The molecule has 2 rings (SSSR count). The Balaban J connectivity index is 2.13. The van der Waals surface area contributed by atoms with Crippen LogP contribution in [0.1, 0.15) is 38.2 Å². The number of nitro benzene ring substituents is 2. The number of unbranched alkanes of at least 4 members (excludes halogenated alkanes) is 3. The lowest BCUT2D eigenvalue weighted by molar-refractivity contribution is -0.394. The third-order valence-corrected chi connectivity index (χ3v) is 3.29. The number of nitro groups is 2. The van der Waals surface area contributed by atoms with Crippen molar-refractivity contribution in [2.75, 3.05) is 6.61 Å². The molecule has 1 fully saturated rings. The molecule has 0 spiro atoms. The average molecular weight is 311 g/mol. The van der Waals surface area contributed by atoms with Gasteiger partial charge in [0.2, 0.25) is 0 Å². The van der Waals surface area contributed by atoms with Gasteiger partial charge in [-0.05, 0) is 6.42 Å². The highest BCUT2D eigenvalue weighted by Crippen LogP contribution is 2.38. The van der Waals surface area contributed by atoms with Crippen LogP contribution >= 0.6 is 0 Å². The van der Waals surface area contributed by atoms with Crippen LogP contribution in [0, 0.1) is 20.2 Å². The molecular formula is C13H17N3O6. The van der Waals surface area contributed by atoms with Crippen molar-refractivity contribution in [2.24, 2.45) is 0 Å². The van der Waals surface area contributed by atoms with Crippen LogP contribution in [-0.4, -0.2) is 16.5 Å². The van der Waals surface area contributed by atoms with Crippen LogP contribution in [0.2, 0.25) is 0 Å². The minimum atomic E-state index is -1.32. The molecule has 0 amide bonds. The van der Waals surface area contributed by atoms with Crippen molar-refractivity contribution < 1.29 is 19.4 Å². The van der Waals surface area contributed by atoms with E-state index in [2.05, 4.69) is 12.4 Å². The van der Waals surface area contributed by atoms with E-state index in [1.54, 1.807) is 0 Å². The lowest BCUT2D eigenvalue weighted by atomic mass is 10.1. The van der Waals surface area contributed by atoms with Crippen LogP contribution in [0.15, 0.2) is 18.2 Å². The summed E-state index contributed by atoms with van der Waals surface area (Å²) < 4.78 is 5.56. The first-order valence-corrected chi connectivity index (χ1v) is 7.02. The van der Waals surface area contributed by atoms with Crippen molar-refractivity contribution in [3.8, 4) is 0 Å². The zero-order valence-corrected chi connectivity index (χ0v) is 12.1. The number of benzene rings is 1. The summed E-state index contributed by atoms with van der Waals surface area (Å²) in [6.45, 7) is 2.49. The van der Waals surface area contributed by atoms with E-state index in [1.165, 1.54) is 12.1 Å². The molecule has 1 heterocycles. The molecule has 22 heavy (non-hydrogen) atoms. The molecule has 9 heteroatoms. The second kappa shape index (κ2) is 6.77. The molecule has 1 aliphatic heterocycles. The minimum absolute atomic E-state index is 0.212. The molecule has 1 unspecified atom stereocenters. The highest BCUT2D eigenvalue weighted by molar-refractivity contribution is 5.48. The third kappa shape index (κ3) is 3.75. The topological polar surface area (TPSA) is 130 Å². The van der Waals surface area contributed by atoms with Crippen molar-refractivity contribution in [2.45, 2.75) is 38.5 Å². The summed E-state index contributed by atoms with van der Waals surface area (Å²) in [5.41, 5.74) is 1.97. The van der Waals surface area contributed by atoms with Crippen LogP contribution in [0.3, 0.4) is 0 Å². The number of non-ortho nitro benzene ring substituents is 2. The number of ether oxygens (including phenoxy) is 1. The van der Waals surface area contributed by atoms with Crippen molar-refractivity contribution in [3.05, 3.63) is 44.0 Å². The van der Waals surface area contributed by atoms with Gasteiger partial charge in [0.25, 0.3) is 17.3 Å². The zero-order chi connectivity index (χ0) is 16.2. The van der Waals surface area contributed by atoms with Gasteiger partial charge in [0.1, 0.15) is 0 Å². The lowest BCUT2D eigenvalue weighted by Gasteiger charge is -2.11. The van der Waals surface area contributed by atoms with Crippen molar-refractivity contribution in [1.82, 2.24) is 5.48 Å². The first-order valence-electron chi connectivity index (χ1n) is 7.02. The molecular weight excluding hydrogens is 294 g/mol. The molecule has 120 valence electrons. The number of rotatable bonds is 9. The lowest BCUT2D eigenvalue weighted by Crippen LogP contribution is -2.19. The molecule has 0 radical (unpaired) electrons. The Hall–Kier alpha value is -2.10. The fraction of sp³-hybridized carbons (Fsp3) is 0.538. The van der Waals surface area contributed by atoms with Gasteiger partial charge >= 0.3 is 0 Å². The molecule has 1 N–H and O–H groups in total. The van der Waals surface area contributed by atoms with E-state index >= 15 is 0 Å². The van der Waals surface area contributed by atoms with Gasteiger partial charge in [0.15, 0.2) is 0 Å². The van der Waals surface area contributed by atoms with E-state index in [4.69, 9.17) is 9.57 Å². The Bertz CT molecular complexity index is 541. The van der Waals surface area contributed by atoms with Gasteiger partial charge in [-0.1, -0.05) is 26.2 Å². The van der Waals surface area contributed by atoms with Crippen molar-refractivity contribution in [3.63, 3.8) is 0 Å². The first-order chi connectivity index (χ1) is 10.5. The fourth-order valence-corrected chi connectivity index (χ4v) is 2.05. The number of hydrogen-bond acceptors (Lipinski definition) is 7. The maximum atomic E-state index is 10.9. The van der Waals surface area contributed by atoms with Crippen LogP contribution in [0.4, 0.5) is 11.4 Å². The summed E-state index contributed by atoms with van der Waals surface area (Å²) in [7, 11) is 0. The Labute approximate surface area is 126 Å². The smallest absolute Gasteiger partial charge is 0.295 e. The molecule has 1 aliphatic rings. The Kier molecular flexibility index (Phi) is 5.01. The van der Waals surface area contributed by atoms with Crippen molar-refractivity contribution in [1.29, 1.82) is 0 Å². The Morgan fingerprint density at radius 1 is 1.14 bits per heavy atom. The molecule has 0 aromatic heterocycles. The number of nitrogens with zero attached hydrogens (tertiary/aromatic N) is 2. The number of hydrogen-bond donors (Lipinski definition) is 1. The quantitative estimate of drug-likeness (QED) is 0.321. The monoisotopic (exact) mass is 311 g/mol. The maximum absolute atomic E-state index is 10.9. The minimum Gasteiger partial charge on any atom is -0.331 e. The summed E-state index contributed by atoms with van der Waals surface area (Å²) in [4.78, 5) is 25.4. The van der Waals surface area contributed by atoms with Crippen molar-refractivity contribution >= 4 is 11.4 Å². The maximum Gasteiger partial charge on any atom is 0.295 e. The SMILES string of the molecule is CCCCCCOC1(c2cc([N+](=O)[O-])cc([N+](=O)[O-])c2)NO1. The van der Waals surface area contributed by atoms with Crippen LogP contribution in [0.5, 0.6) is 0 Å². The number of hydroxylamine groups is 1. The predicted molar refractivity (Wildman–Crippen MR) is 75.7 cm³/mol. The van der Waals surface area contributed by atoms with E-state index in [0.29, 0.717) is 6.61 Å². The normalized spacial score (nSPS) is 19.9. The molecule has 1 aromatic rings. The summed E-state index contributed by atoms with van der Waals surface area (Å²) in [5.74, 6) is -1.32. The second-order valence-corrected chi connectivity index (χ2v) is 4.98. The van der Waals surface area contributed by atoms with Gasteiger partial charge in [0.05, 0.1) is 22.5 Å². The van der Waals surface area contributed by atoms with Crippen LogP contribution in [-0.2, 0) is 15.5 Å². The fourth-order valence-electron chi connectivity index (χ4n) is 2.05. The molecule has 1 saturated heterocycles. The van der Waals surface area contributed by atoms with E-state index in [-0.39, 0.29) is 16.9 Å². The summed E-state index contributed by atoms with van der Waals surface area (Å²) >= 11 is 0. The molecule has 1 aromatic carbocycles. The average Bonchev–Trinajstić information content (AvgIpc) is 3.27. The van der Waals surface area contributed by atoms with Crippen LogP contribution < -0.4 is 5.48 Å². The molecule has 0 bridgehead atoms. The Morgan fingerprint density at radius 2 is 1.73 bits per heavy atom. The standard InChI is InChI=1S/C13H17N3O6/c1-2-3-4-5-6-21-13(14-22-13)10-7-11(15(17)18)9-12(8-10)16(19)20/h7-9,14H,2-6H2,1H3. The summed E-state index contributed by atoms with van der Waals surface area (Å²) in [6.07, 6.45) is 4.00. The Morgan fingerprint density at radius 3 is 2.18 bits per heavy atom. The van der Waals surface area contributed by atoms with Gasteiger partial charge in [0, 0.05) is 17.7 Å². The van der Waals surface area contributed by atoms with E-state index < -0.39 is 15.8 Å². The second-order valence-electron chi connectivity index (χ2n) is 4.98. The zero-order valence-electron chi connectivity index (χ0n) is 12.1. The van der Waals surface area contributed by atoms with Crippen LogP contribution in [0.25, 0.3) is 0 Å². The van der Waals surface area contributed by atoms with E-state index in [0.717, 1.165) is 31.7 Å². The van der Waals surface area contributed by atoms with Gasteiger partial charge in [-0.3, -0.25) is 20.2 Å². The molecule has 9 nitrogen and oxygen atoms in total. The summed E-state index contributed by atoms with van der Waals surface area (Å²) in [5, 5.41) is 21.8. The molecule has 1 atom stereocenters. The molecule has 0 saturated carbocycles. The third-order valence-electron chi connectivity index (χ3n) is 3.29. The molecule has 0 aliphatic carbocycles. The van der Waals surface area contributed by atoms with E-state index in [9.17, 15) is 20.2 Å². The first kappa shape index (κ1) is 16.3. The highest BCUT2D eigenvalue weighted by atomic mass is 16.9. The largest absolute Gasteiger partial charge is 0.331 e. The van der Waals surface area contributed by atoms with E-state index in [1.807, 2.05) is 0 Å². The summed E-state index contributed by atoms with van der Waals surface area (Å²) in [6, 6.07) is 3.32. The number of nitrogens with one attached hydrogen (secondary N) is 1. The highest BCUT2D eigenvalue weighted by Gasteiger charge is 2.50. The van der Waals surface area contributed by atoms with Gasteiger partial charge in [-0.15, -0.1) is 5.48 Å². The van der Waals surface area contributed by atoms with Gasteiger partial charge in [-0.25, -0.2) is 4.84 Å².